The molecule has 0 aromatic carbocycles. The van der Waals surface area contributed by atoms with Gasteiger partial charge in [-0.2, -0.15) is 0 Å². The molecule has 2 aromatic heterocycles. The molecule has 1 aliphatic carbocycles. The van der Waals surface area contributed by atoms with Crippen molar-refractivity contribution in [1.82, 2.24) is 19.5 Å². The molecule has 82 valence electrons. The SMILES string of the molecule is Cc1ncc2c(=O)n(C3CC3)c(=S)[nH]c2n1. The summed E-state index contributed by atoms with van der Waals surface area (Å²) in [6, 6.07) is 0.266. The molecule has 16 heavy (non-hydrogen) atoms. The van der Waals surface area contributed by atoms with Gasteiger partial charge in [0.15, 0.2) is 4.77 Å². The van der Waals surface area contributed by atoms with Crippen LogP contribution in [0.2, 0.25) is 0 Å². The van der Waals surface area contributed by atoms with E-state index in [1.807, 2.05) is 0 Å². The first-order chi connectivity index (χ1) is 7.66. The smallest absolute Gasteiger partial charge is 0.265 e. The number of rotatable bonds is 1. The molecule has 0 aliphatic heterocycles. The van der Waals surface area contributed by atoms with E-state index in [1.165, 1.54) is 0 Å². The second-order valence-electron chi connectivity index (χ2n) is 4.02. The molecule has 5 nitrogen and oxygen atoms in total. The Bertz CT molecular complexity index is 683. The van der Waals surface area contributed by atoms with E-state index < -0.39 is 0 Å². The topological polar surface area (TPSA) is 63.6 Å². The molecule has 1 aliphatic rings. The highest BCUT2D eigenvalue weighted by molar-refractivity contribution is 7.71. The number of aromatic nitrogens is 4. The van der Waals surface area contributed by atoms with Crippen molar-refractivity contribution in [3.8, 4) is 0 Å². The molecule has 1 fully saturated rings. The fraction of sp³-hybridized carbons (Fsp3) is 0.400. The Balaban J connectivity index is 2.43. The molecule has 1 N–H and O–H groups in total. The minimum absolute atomic E-state index is 0.0822. The summed E-state index contributed by atoms with van der Waals surface area (Å²) in [6.45, 7) is 1.78. The van der Waals surface area contributed by atoms with Gasteiger partial charge >= 0.3 is 0 Å². The number of nitrogens with one attached hydrogen (secondary N) is 1. The van der Waals surface area contributed by atoms with Gasteiger partial charge in [-0.15, -0.1) is 0 Å². The van der Waals surface area contributed by atoms with Crippen LogP contribution in [-0.2, 0) is 0 Å². The van der Waals surface area contributed by atoms with Crippen LogP contribution in [0.15, 0.2) is 11.0 Å². The van der Waals surface area contributed by atoms with Crippen LogP contribution in [0.5, 0.6) is 0 Å². The zero-order valence-corrected chi connectivity index (χ0v) is 9.54. The number of aromatic amines is 1. The van der Waals surface area contributed by atoms with E-state index in [0.717, 1.165) is 12.8 Å². The fourth-order valence-electron chi connectivity index (χ4n) is 1.77. The standard InChI is InChI=1S/C10H10N4OS/c1-5-11-4-7-8(12-5)13-10(16)14(9(7)15)6-2-3-6/h4,6H,2-3H2,1H3,(H,11,12,13,16). The normalized spacial score (nSPS) is 15.6. The van der Waals surface area contributed by atoms with Crippen molar-refractivity contribution in [2.75, 3.05) is 0 Å². The van der Waals surface area contributed by atoms with Crippen molar-refractivity contribution in [2.45, 2.75) is 25.8 Å². The molecule has 1 saturated carbocycles. The summed E-state index contributed by atoms with van der Waals surface area (Å²) in [6.07, 6.45) is 3.61. The van der Waals surface area contributed by atoms with Crippen LogP contribution in [0, 0.1) is 11.7 Å². The Hall–Kier alpha value is -1.56. The molecule has 0 atom stereocenters. The maximum Gasteiger partial charge on any atom is 0.265 e. The van der Waals surface area contributed by atoms with Crippen LogP contribution in [-0.4, -0.2) is 19.5 Å². The van der Waals surface area contributed by atoms with Crippen molar-refractivity contribution in [2.24, 2.45) is 0 Å². The maximum absolute atomic E-state index is 12.1. The van der Waals surface area contributed by atoms with Crippen molar-refractivity contribution in [1.29, 1.82) is 0 Å². The summed E-state index contributed by atoms with van der Waals surface area (Å²) in [7, 11) is 0. The van der Waals surface area contributed by atoms with Gasteiger partial charge < -0.3 is 4.98 Å². The van der Waals surface area contributed by atoms with Crippen LogP contribution in [0.25, 0.3) is 11.0 Å². The van der Waals surface area contributed by atoms with Crippen molar-refractivity contribution < 1.29 is 0 Å². The van der Waals surface area contributed by atoms with Gasteiger partial charge in [0.25, 0.3) is 5.56 Å². The van der Waals surface area contributed by atoms with Crippen LogP contribution in [0.1, 0.15) is 24.7 Å². The first-order valence-electron chi connectivity index (χ1n) is 5.15. The molecule has 0 spiro atoms. The number of hydrogen-bond acceptors (Lipinski definition) is 4. The minimum Gasteiger partial charge on any atom is -0.316 e. The second kappa shape index (κ2) is 3.21. The number of nitrogens with zero attached hydrogens (tertiary/aromatic N) is 3. The molecule has 2 aromatic rings. The fourth-order valence-corrected chi connectivity index (χ4v) is 2.10. The van der Waals surface area contributed by atoms with Crippen molar-refractivity contribution in [3.63, 3.8) is 0 Å². The van der Waals surface area contributed by atoms with Gasteiger partial charge in [-0.3, -0.25) is 9.36 Å². The number of H-pyrrole nitrogens is 1. The minimum atomic E-state index is -0.0822. The molecule has 0 bridgehead atoms. The third-order valence-corrected chi connectivity index (χ3v) is 3.01. The van der Waals surface area contributed by atoms with Crippen LogP contribution in [0.3, 0.4) is 0 Å². The van der Waals surface area contributed by atoms with E-state index in [9.17, 15) is 4.79 Å². The van der Waals surface area contributed by atoms with Gasteiger partial charge in [0, 0.05) is 12.2 Å². The summed E-state index contributed by atoms with van der Waals surface area (Å²) in [5.41, 5.74) is 0.445. The molecular formula is C10H10N4OS. The van der Waals surface area contributed by atoms with E-state index in [1.54, 1.807) is 17.7 Å². The highest BCUT2D eigenvalue weighted by Crippen LogP contribution is 2.33. The van der Waals surface area contributed by atoms with E-state index in [-0.39, 0.29) is 11.6 Å². The Morgan fingerprint density at radius 2 is 2.31 bits per heavy atom. The van der Waals surface area contributed by atoms with Crippen molar-refractivity contribution >= 4 is 23.3 Å². The lowest BCUT2D eigenvalue weighted by molar-refractivity contribution is 0.683. The number of aryl methyl sites for hydroxylation is 1. The third kappa shape index (κ3) is 1.37. The summed E-state index contributed by atoms with van der Waals surface area (Å²) in [5.74, 6) is 0.627. The second-order valence-corrected chi connectivity index (χ2v) is 4.40. The number of hydrogen-bond donors (Lipinski definition) is 1. The quantitative estimate of drug-likeness (QED) is 0.759. The molecule has 2 heterocycles. The summed E-state index contributed by atoms with van der Waals surface area (Å²) in [5, 5.41) is 0.506. The van der Waals surface area contributed by atoms with Gasteiger partial charge in [-0.05, 0) is 32.0 Å². The lowest BCUT2D eigenvalue weighted by Crippen LogP contribution is -2.21. The molecule has 0 radical (unpaired) electrons. The predicted octanol–water partition coefficient (Wildman–Crippen LogP) is 1.49. The Morgan fingerprint density at radius 3 is 3.00 bits per heavy atom. The summed E-state index contributed by atoms with van der Waals surface area (Å²) >= 11 is 5.17. The Morgan fingerprint density at radius 1 is 1.56 bits per heavy atom. The highest BCUT2D eigenvalue weighted by Gasteiger charge is 2.26. The summed E-state index contributed by atoms with van der Waals surface area (Å²) < 4.78 is 2.09. The van der Waals surface area contributed by atoms with E-state index in [2.05, 4.69) is 15.0 Å². The molecule has 3 rings (SSSR count). The van der Waals surface area contributed by atoms with Gasteiger partial charge in [0.2, 0.25) is 0 Å². The van der Waals surface area contributed by atoms with E-state index in [4.69, 9.17) is 12.2 Å². The number of fused-ring (bicyclic) bond motifs is 1. The Kier molecular flexibility index (Phi) is 1.94. The van der Waals surface area contributed by atoms with E-state index in [0.29, 0.717) is 21.6 Å². The molecular weight excluding hydrogens is 224 g/mol. The molecule has 0 unspecified atom stereocenters. The molecule has 6 heteroatoms. The zero-order chi connectivity index (χ0) is 11.3. The average molecular weight is 234 g/mol. The van der Waals surface area contributed by atoms with E-state index >= 15 is 0 Å². The van der Waals surface area contributed by atoms with Gasteiger partial charge in [-0.1, -0.05) is 0 Å². The van der Waals surface area contributed by atoms with Crippen LogP contribution in [0.4, 0.5) is 0 Å². The van der Waals surface area contributed by atoms with Crippen LogP contribution >= 0.6 is 12.2 Å². The highest BCUT2D eigenvalue weighted by atomic mass is 32.1. The van der Waals surface area contributed by atoms with Crippen LogP contribution < -0.4 is 5.56 Å². The Labute approximate surface area is 96.2 Å². The van der Waals surface area contributed by atoms with Gasteiger partial charge in [0.1, 0.15) is 16.9 Å². The molecule has 0 amide bonds. The average Bonchev–Trinajstić information content (AvgIpc) is 3.01. The lowest BCUT2D eigenvalue weighted by Gasteiger charge is -2.05. The zero-order valence-electron chi connectivity index (χ0n) is 8.73. The largest absolute Gasteiger partial charge is 0.316 e. The van der Waals surface area contributed by atoms with Gasteiger partial charge in [-0.25, -0.2) is 9.97 Å². The van der Waals surface area contributed by atoms with Gasteiger partial charge in [0.05, 0.1) is 0 Å². The lowest BCUT2D eigenvalue weighted by atomic mass is 10.4. The molecule has 0 saturated heterocycles. The summed E-state index contributed by atoms with van der Waals surface area (Å²) in [4.78, 5) is 23.3. The monoisotopic (exact) mass is 234 g/mol. The first-order valence-corrected chi connectivity index (χ1v) is 5.56. The predicted molar refractivity (Wildman–Crippen MR) is 62.0 cm³/mol. The third-order valence-electron chi connectivity index (χ3n) is 2.71. The first kappa shape index (κ1) is 9.65. The van der Waals surface area contributed by atoms with Crippen molar-refractivity contribution in [3.05, 3.63) is 27.1 Å². The maximum atomic E-state index is 12.1.